The van der Waals surface area contributed by atoms with Crippen LogP contribution >= 0.6 is 0 Å². The number of esters is 1. The zero-order valence-corrected chi connectivity index (χ0v) is 19.2. The highest BCUT2D eigenvalue weighted by atomic mass is 16.5. The average molecular weight is 383 g/mol. The first-order chi connectivity index (χ1) is 13.2. The van der Waals surface area contributed by atoms with E-state index >= 15 is 0 Å². The van der Waals surface area contributed by atoms with Crippen molar-refractivity contribution in [1.29, 1.82) is 0 Å². The van der Waals surface area contributed by atoms with E-state index in [1.54, 1.807) is 0 Å². The second-order valence-corrected chi connectivity index (χ2v) is 8.57. The molecule has 0 heterocycles. The zero-order valence-electron chi connectivity index (χ0n) is 19.2. The first kappa shape index (κ1) is 26.5. The zero-order chi connectivity index (χ0) is 20.2. The van der Waals surface area contributed by atoms with Crippen molar-refractivity contribution in [3.05, 3.63) is 0 Å². The van der Waals surface area contributed by atoms with Crippen molar-refractivity contribution in [2.24, 2.45) is 5.92 Å². The molecule has 2 unspecified atom stereocenters. The lowest BCUT2D eigenvalue weighted by molar-refractivity contribution is -0.154. The van der Waals surface area contributed by atoms with Crippen LogP contribution in [0, 0.1) is 5.92 Å². The Hall–Kier alpha value is -0.530. The van der Waals surface area contributed by atoms with Gasteiger partial charge >= 0.3 is 5.97 Å². The maximum atomic E-state index is 12.5. The van der Waals surface area contributed by atoms with Crippen molar-refractivity contribution in [2.75, 3.05) is 0 Å². The molecule has 0 aromatic rings. The van der Waals surface area contributed by atoms with Crippen LogP contribution in [-0.4, -0.2) is 12.1 Å². The molecular formula is C25H50O2. The molecule has 0 aromatic carbocycles. The Labute approximate surface area is 171 Å². The number of hydrogen-bond donors (Lipinski definition) is 0. The van der Waals surface area contributed by atoms with E-state index < -0.39 is 0 Å². The third-order valence-electron chi connectivity index (χ3n) is 5.69. The number of carbonyl (C=O) groups excluding carboxylic acids is 1. The minimum Gasteiger partial charge on any atom is -0.462 e. The molecule has 0 bridgehead atoms. The standard InChI is InChI=1S/C25H50O2/c1-5-8-11-14-15-16-19-22-24(21-18-13-10-7-3)27-25(26)23(4)20-17-12-9-6-2/h23-24H,5-22H2,1-4H3. The van der Waals surface area contributed by atoms with Gasteiger partial charge in [0.15, 0.2) is 0 Å². The van der Waals surface area contributed by atoms with Gasteiger partial charge < -0.3 is 4.74 Å². The van der Waals surface area contributed by atoms with Crippen LogP contribution in [-0.2, 0) is 9.53 Å². The molecular weight excluding hydrogens is 332 g/mol. The molecule has 0 saturated carbocycles. The van der Waals surface area contributed by atoms with Gasteiger partial charge in [0.05, 0.1) is 5.92 Å². The molecule has 2 atom stereocenters. The number of unbranched alkanes of at least 4 members (excludes halogenated alkanes) is 12. The molecule has 0 spiro atoms. The predicted octanol–water partition coefficient (Wildman–Crippen LogP) is 8.62. The maximum absolute atomic E-state index is 12.5. The summed E-state index contributed by atoms with van der Waals surface area (Å²) in [6.07, 6.45) is 22.5. The third-order valence-corrected chi connectivity index (χ3v) is 5.69. The minimum absolute atomic E-state index is 0.0509. The van der Waals surface area contributed by atoms with Crippen LogP contribution in [0.15, 0.2) is 0 Å². The van der Waals surface area contributed by atoms with Gasteiger partial charge in [-0.3, -0.25) is 4.79 Å². The Morgan fingerprint density at radius 2 is 0.963 bits per heavy atom. The fourth-order valence-corrected chi connectivity index (χ4v) is 3.67. The van der Waals surface area contributed by atoms with Crippen molar-refractivity contribution in [3.63, 3.8) is 0 Å². The second kappa shape index (κ2) is 20.2. The Balaban J connectivity index is 4.13. The summed E-state index contributed by atoms with van der Waals surface area (Å²) in [4.78, 5) is 12.5. The average Bonchev–Trinajstić information content (AvgIpc) is 2.67. The number of carbonyl (C=O) groups is 1. The van der Waals surface area contributed by atoms with E-state index in [-0.39, 0.29) is 18.0 Å². The van der Waals surface area contributed by atoms with Crippen molar-refractivity contribution < 1.29 is 9.53 Å². The summed E-state index contributed by atoms with van der Waals surface area (Å²) in [6, 6.07) is 0. The quantitative estimate of drug-likeness (QED) is 0.155. The van der Waals surface area contributed by atoms with Crippen LogP contribution in [0.1, 0.15) is 143 Å². The molecule has 0 amide bonds. The summed E-state index contributed by atoms with van der Waals surface area (Å²) in [5, 5.41) is 0. The summed E-state index contributed by atoms with van der Waals surface area (Å²) in [5.41, 5.74) is 0. The SMILES string of the molecule is CCCCCCCCCC(CCCCCC)OC(=O)C(C)CCCCCC. The molecule has 2 heteroatoms. The Morgan fingerprint density at radius 1 is 0.593 bits per heavy atom. The Kier molecular flexibility index (Phi) is 19.8. The molecule has 0 fully saturated rings. The summed E-state index contributed by atoms with van der Waals surface area (Å²) in [7, 11) is 0. The van der Waals surface area contributed by atoms with Gasteiger partial charge in [-0.15, -0.1) is 0 Å². The number of hydrogen-bond acceptors (Lipinski definition) is 2. The molecule has 0 aliphatic rings. The van der Waals surface area contributed by atoms with E-state index in [9.17, 15) is 4.79 Å². The van der Waals surface area contributed by atoms with Crippen LogP contribution < -0.4 is 0 Å². The Morgan fingerprint density at radius 3 is 1.44 bits per heavy atom. The largest absolute Gasteiger partial charge is 0.462 e. The summed E-state index contributed by atoms with van der Waals surface area (Å²) in [5.74, 6) is 0.115. The van der Waals surface area contributed by atoms with Crippen molar-refractivity contribution in [1.82, 2.24) is 0 Å². The van der Waals surface area contributed by atoms with Crippen molar-refractivity contribution in [2.45, 2.75) is 149 Å². The lowest BCUT2D eigenvalue weighted by atomic mass is 10.0. The molecule has 0 aliphatic heterocycles. The Bertz CT molecular complexity index is 313. The van der Waals surface area contributed by atoms with Gasteiger partial charge in [0.1, 0.15) is 6.10 Å². The van der Waals surface area contributed by atoms with Gasteiger partial charge in [-0.05, 0) is 32.1 Å². The highest BCUT2D eigenvalue weighted by Gasteiger charge is 2.19. The van der Waals surface area contributed by atoms with Gasteiger partial charge in [0.2, 0.25) is 0 Å². The fraction of sp³-hybridized carbons (Fsp3) is 0.960. The normalized spacial score (nSPS) is 13.5. The first-order valence-corrected chi connectivity index (χ1v) is 12.4. The first-order valence-electron chi connectivity index (χ1n) is 12.4. The van der Waals surface area contributed by atoms with Crippen molar-refractivity contribution in [3.8, 4) is 0 Å². The summed E-state index contributed by atoms with van der Waals surface area (Å²) in [6.45, 7) is 8.79. The van der Waals surface area contributed by atoms with Gasteiger partial charge in [-0.2, -0.15) is 0 Å². The van der Waals surface area contributed by atoms with Crippen LogP contribution in [0.4, 0.5) is 0 Å². The lowest BCUT2D eigenvalue weighted by Gasteiger charge is -2.20. The van der Waals surface area contributed by atoms with E-state index in [0.717, 1.165) is 25.7 Å². The van der Waals surface area contributed by atoms with Gasteiger partial charge in [0, 0.05) is 0 Å². The molecule has 0 saturated heterocycles. The highest BCUT2D eigenvalue weighted by Crippen LogP contribution is 2.19. The molecule has 0 radical (unpaired) electrons. The molecule has 0 aliphatic carbocycles. The van der Waals surface area contributed by atoms with Gasteiger partial charge in [0.25, 0.3) is 0 Å². The van der Waals surface area contributed by atoms with Crippen LogP contribution in [0.5, 0.6) is 0 Å². The fourth-order valence-electron chi connectivity index (χ4n) is 3.67. The topological polar surface area (TPSA) is 26.3 Å². The van der Waals surface area contributed by atoms with E-state index in [1.807, 2.05) is 0 Å². The smallest absolute Gasteiger partial charge is 0.308 e. The van der Waals surface area contributed by atoms with Gasteiger partial charge in [-0.1, -0.05) is 111 Å². The van der Waals surface area contributed by atoms with Crippen LogP contribution in [0.25, 0.3) is 0 Å². The molecule has 0 N–H and O–H groups in total. The molecule has 2 nitrogen and oxygen atoms in total. The van der Waals surface area contributed by atoms with Crippen LogP contribution in [0.3, 0.4) is 0 Å². The molecule has 162 valence electrons. The lowest BCUT2D eigenvalue weighted by Crippen LogP contribution is -2.23. The van der Waals surface area contributed by atoms with Crippen molar-refractivity contribution >= 4 is 5.97 Å². The third kappa shape index (κ3) is 17.3. The highest BCUT2D eigenvalue weighted by molar-refractivity contribution is 5.72. The van der Waals surface area contributed by atoms with E-state index in [1.165, 1.54) is 89.9 Å². The minimum atomic E-state index is 0.0509. The van der Waals surface area contributed by atoms with Gasteiger partial charge in [-0.25, -0.2) is 0 Å². The predicted molar refractivity (Wildman–Crippen MR) is 119 cm³/mol. The maximum Gasteiger partial charge on any atom is 0.308 e. The molecule has 0 aromatic heterocycles. The number of ether oxygens (including phenoxy) is 1. The van der Waals surface area contributed by atoms with E-state index in [2.05, 4.69) is 27.7 Å². The van der Waals surface area contributed by atoms with Crippen LogP contribution in [0.2, 0.25) is 0 Å². The monoisotopic (exact) mass is 382 g/mol. The molecule has 0 rings (SSSR count). The van der Waals surface area contributed by atoms with E-state index in [4.69, 9.17) is 4.74 Å². The number of rotatable bonds is 20. The summed E-state index contributed by atoms with van der Waals surface area (Å²) >= 11 is 0. The molecule has 27 heavy (non-hydrogen) atoms. The van der Waals surface area contributed by atoms with E-state index in [0.29, 0.717) is 0 Å². The second-order valence-electron chi connectivity index (χ2n) is 8.57. The summed E-state index contributed by atoms with van der Waals surface area (Å²) < 4.78 is 5.96.